The molecule has 1 aromatic rings. The second-order valence-electron chi connectivity index (χ2n) is 4.98. The van der Waals surface area contributed by atoms with Gasteiger partial charge in [0.1, 0.15) is 5.75 Å². The molecule has 1 aliphatic heterocycles. The van der Waals surface area contributed by atoms with E-state index < -0.39 is 0 Å². The molecule has 17 heavy (non-hydrogen) atoms. The van der Waals surface area contributed by atoms with Gasteiger partial charge in [0.05, 0.1) is 5.02 Å². The van der Waals surface area contributed by atoms with Gasteiger partial charge in [-0.25, -0.2) is 0 Å². The van der Waals surface area contributed by atoms with Crippen LogP contribution in [0.3, 0.4) is 0 Å². The van der Waals surface area contributed by atoms with E-state index in [-0.39, 0.29) is 11.8 Å². The van der Waals surface area contributed by atoms with E-state index in [1.165, 1.54) is 0 Å². The minimum Gasteiger partial charge on any atom is -0.506 e. The molecule has 0 aliphatic carbocycles. The van der Waals surface area contributed by atoms with Crippen LogP contribution in [0.15, 0.2) is 12.1 Å². The van der Waals surface area contributed by atoms with Crippen LogP contribution in [-0.2, 0) is 0 Å². The van der Waals surface area contributed by atoms with Gasteiger partial charge in [-0.3, -0.25) is 4.90 Å². The fourth-order valence-corrected chi connectivity index (χ4v) is 2.89. The molecule has 0 bridgehead atoms. The van der Waals surface area contributed by atoms with Crippen LogP contribution in [0.2, 0.25) is 5.02 Å². The Bertz CT molecular complexity index is 422. The van der Waals surface area contributed by atoms with E-state index in [4.69, 9.17) is 17.3 Å². The minimum absolute atomic E-state index is 0.172. The molecule has 3 nitrogen and oxygen atoms in total. The van der Waals surface area contributed by atoms with E-state index >= 15 is 0 Å². The number of aromatic hydroxyl groups is 1. The molecule has 0 radical (unpaired) electrons. The van der Waals surface area contributed by atoms with Crippen molar-refractivity contribution in [2.45, 2.75) is 19.4 Å². The normalized spacial score (nSPS) is 25.4. The number of benzene rings is 1. The Hall–Kier alpha value is -0.770. The van der Waals surface area contributed by atoms with E-state index in [1.807, 2.05) is 6.92 Å². The maximum atomic E-state index is 9.78. The number of aryl methyl sites for hydroxylation is 1. The molecule has 2 unspecified atom stereocenters. The lowest BCUT2D eigenvalue weighted by Gasteiger charge is -2.21. The first kappa shape index (κ1) is 12.7. The quantitative estimate of drug-likeness (QED) is 0.852. The Morgan fingerprint density at radius 1 is 1.53 bits per heavy atom. The fraction of sp³-hybridized carbons (Fsp3) is 0.538. The topological polar surface area (TPSA) is 49.5 Å². The van der Waals surface area contributed by atoms with Crippen LogP contribution in [-0.4, -0.2) is 30.1 Å². The molecule has 1 aromatic carbocycles. The van der Waals surface area contributed by atoms with Crippen molar-refractivity contribution < 1.29 is 5.11 Å². The third-order valence-corrected chi connectivity index (χ3v) is 3.96. The van der Waals surface area contributed by atoms with Gasteiger partial charge in [0.2, 0.25) is 0 Å². The molecule has 4 heteroatoms. The van der Waals surface area contributed by atoms with E-state index in [1.54, 1.807) is 6.07 Å². The van der Waals surface area contributed by atoms with Gasteiger partial charge in [0.25, 0.3) is 0 Å². The predicted molar refractivity (Wildman–Crippen MR) is 70.4 cm³/mol. The van der Waals surface area contributed by atoms with Crippen LogP contribution in [0.25, 0.3) is 0 Å². The molecule has 0 saturated carbocycles. The van der Waals surface area contributed by atoms with Crippen LogP contribution in [0, 0.1) is 12.8 Å². The molecule has 0 spiro atoms. The Kier molecular flexibility index (Phi) is 3.61. The van der Waals surface area contributed by atoms with Crippen molar-refractivity contribution in [3.05, 3.63) is 28.3 Å². The summed E-state index contributed by atoms with van der Waals surface area (Å²) in [5.74, 6) is 0.690. The molecule has 94 valence electrons. The maximum Gasteiger partial charge on any atom is 0.134 e. The molecule has 0 aromatic heterocycles. The smallest absolute Gasteiger partial charge is 0.134 e. The monoisotopic (exact) mass is 254 g/mol. The highest BCUT2D eigenvalue weighted by atomic mass is 35.5. The van der Waals surface area contributed by atoms with Gasteiger partial charge in [-0.1, -0.05) is 17.7 Å². The Morgan fingerprint density at radius 3 is 2.82 bits per heavy atom. The average molecular weight is 255 g/mol. The highest BCUT2D eigenvalue weighted by Gasteiger charge is 2.31. The first-order valence-electron chi connectivity index (χ1n) is 5.92. The summed E-state index contributed by atoms with van der Waals surface area (Å²) >= 11 is 6.19. The van der Waals surface area contributed by atoms with Crippen molar-refractivity contribution in [3.63, 3.8) is 0 Å². The lowest BCUT2D eigenvalue weighted by atomic mass is 9.98. The first-order chi connectivity index (χ1) is 8.02. The van der Waals surface area contributed by atoms with E-state index in [2.05, 4.69) is 18.0 Å². The Labute approximate surface area is 107 Å². The summed E-state index contributed by atoms with van der Waals surface area (Å²) in [5, 5.41) is 10.3. The SMILES string of the molecule is Cc1cc(O)c(Cl)c(C2CC(CN)CN2C)c1. The number of phenolic OH excluding ortho intramolecular Hbond substituents is 1. The van der Waals surface area contributed by atoms with Crippen LogP contribution in [0.5, 0.6) is 5.75 Å². The van der Waals surface area contributed by atoms with Crippen molar-refractivity contribution in [1.29, 1.82) is 0 Å². The van der Waals surface area contributed by atoms with Crippen LogP contribution in [0.1, 0.15) is 23.6 Å². The molecule has 2 rings (SSSR count). The van der Waals surface area contributed by atoms with Gasteiger partial charge in [0, 0.05) is 12.6 Å². The number of likely N-dealkylation sites (tertiary alicyclic amines) is 1. The molecule has 0 amide bonds. The summed E-state index contributed by atoms with van der Waals surface area (Å²) in [4.78, 5) is 2.26. The number of hydrogen-bond donors (Lipinski definition) is 2. The zero-order valence-corrected chi connectivity index (χ0v) is 11.0. The fourth-order valence-electron chi connectivity index (χ4n) is 2.66. The standard InChI is InChI=1S/C13H19ClN2O/c1-8-3-10(13(14)12(17)4-8)11-5-9(6-15)7-16(11)2/h3-4,9,11,17H,5-7,15H2,1-2H3. The number of phenols is 1. The summed E-state index contributed by atoms with van der Waals surface area (Å²) < 4.78 is 0. The van der Waals surface area contributed by atoms with Crippen LogP contribution >= 0.6 is 11.6 Å². The molecule has 1 saturated heterocycles. The van der Waals surface area contributed by atoms with E-state index in [0.717, 1.165) is 24.1 Å². The number of nitrogens with zero attached hydrogens (tertiary/aromatic N) is 1. The minimum atomic E-state index is 0.172. The number of nitrogens with two attached hydrogens (primary N) is 1. The summed E-state index contributed by atoms with van der Waals surface area (Å²) in [6.45, 7) is 3.66. The zero-order chi connectivity index (χ0) is 12.6. The maximum absolute atomic E-state index is 9.78. The molecule has 1 aliphatic rings. The van der Waals surface area contributed by atoms with Crippen molar-refractivity contribution in [2.24, 2.45) is 11.7 Å². The summed E-state index contributed by atoms with van der Waals surface area (Å²) in [6, 6.07) is 4.02. The molecule has 2 atom stereocenters. The third-order valence-electron chi connectivity index (χ3n) is 3.55. The zero-order valence-electron chi connectivity index (χ0n) is 10.3. The molecule has 1 heterocycles. The number of rotatable bonds is 2. The summed E-state index contributed by atoms with van der Waals surface area (Å²) in [7, 11) is 2.08. The molecular formula is C13H19ClN2O. The molecule has 3 N–H and O–H groups in total. The van der Waals surface area contributed by atoms with E-state index in [9.17, 15) is 5.11 Å². The summed E-state index contributed by atoms with van der Waals surface area (Å²) in [6.07, 6.45) is 1.01. The highest BCUT2D eigenvalue weighted by molar-refractivity contribution is 6.32. The van der Waals surface area contributed by atoms with Gasteiger partial charge in [-0.2, -0.15) is 0 Å². The highest BCUT2D eigenvalue weighted by Crippen LogP contribution is 2.40. The molecular weight excluding hydrogens is 236 g/mol. The lowest BCUT2D eigenvalue weighted by Crippen LogP contribution is -2.20. The van der Waals surface area contributed by atoms with Gasteiger partial charge in [-0.15, -0.1) is 0 Å². The lowest BCUT2D eigenvalue weighted by molar-refractivity contribution is 0.313. The second-order valence-corrected chi connectivity index (χ2v) is 5.36. The third kappa shape index (κ3) is 2.41. The van der Waals surface area contributed by atoms with Gasteiger partial charge in [-0.05, 0) is 50.0 Å². The van der Waals surface area contributed by atoms with Crippen LogP contribution < -0.4 is 5.73 Å². The second kappa shape index (κ2) is 4.84. The Morgan fingerprint density at radius 2 is 2.24 bits per heavy atom. The van der Waals surface area contributed by atoms with Crippen molar-refractivity contribution in [2.75, 3.05) is 20.1 Å². The number of halogens is 1. The first-order valence-corrected chi connectivity index (χ1v) is 6.30. The van der Waals surface area contributed by atoms with Crippen molar-refractivity contribution >= 4 is 11.6 Å². The Balaban J connectivity index is 2.34. The van der Waals surface area contributed by atoms with Crippen molar-refractivity contribution in [3.8, 4) is 5.75 Å². The van der Waals surface area contributed by atoms with Gasteiger partial charge < -0.3 is 10.8 Å². The summed E-state index contributed by atoms with van der Waals surface area (Å²) in [5.41, 5.74) is 7.78. The van der Waals surface area contributed by atoms with Crippen molar-refractivity contribution in [1.82, 2.24) is 4.90 Å². The number of hydrogen-bond acceptors (Lipinski definition) is 3. The van der Waals surface area contributed by atoms with Crippen LogP contribution in [0.4, 0.5) is 0 Å². The van der Waals surface area contributed by atoms with E-state index in [0.29, 0.717) is 17.5 Å². The van der Waals surface area contributed by atoms with Gasteiger partial charge in [0.15, 0.2) is 0 Å². The largest absolute Gasteiger partial charge is 0.506 e. The average Bonchev–Trinajstić information content (AvgIpc) is 2.65. The predicted octanol–water partition coefficient (Wildman–Crippen LogP) is 2.31. The van der Waals surface area contributed by atoms with Gasteiger partial charge >= 0.3 is 0 Å². The molecule has 1 fully saturated rings.